The van der Waals surface area contributed by atoms with Crippen LogP contribution < -0.4 is 5.32 Å². The molecule has 0 radical (unpaired) electrons. The first-order chi connectivity index (χ1) is 12.6. The summed E-state index contributed by atoms with van der Waals surface area (Å²) in [6.45, 7) is 0.882. The summed E-state index contributed by atoms with van der Waals surface area (Å²) >= 11 is 3.63. The summed E-state index contributed by atoms with van der Waals surface area (Å²) in [6.07, 6.45) is 3.13. The number of aromatic nitrogens is 2. The Morgan fingerprint density at radius 2 is 2.00 bits per heavy atom. The first-order valence-corrected chi connectivity index (χ1v) is 9.39. The summed E-state index contributed by atoms with van der Waals surface area (Å²) in [6, 6.07) is 14.9. The highest BCUT2D eigenvalue weighted by Crippen LogP contribution is 2.36. The number of nitrogens with zero attached hydrogens (tertiary/aromatic N) is 2. The molecule has 5 nitrogen and oxygen atoms in total. The minimum atomic E-state index is -0.941. The number of benzene rings is 2. The van der Waals surface area contributed by atoms with Crippen LogP contribution in [-0.2, 0) is 6.42 Å². The molecule has 0 bridgehead atoms. The SMILES string of the molecule is O=C(O)c1cccc(-n2nc(-c3ccccc3Br)c3c2NCCCC3)c1. The molecule has 1 aliphatic heterocycles. The molecule has 0 atom stereocenters. The maximum atomic E-state index is 11.3. The van der Waals surface area contributed by atoms with Crippen molar-refractivity contribution in [3.8, 4) is 16.9 Å². The fraction of sp³-hybridized carbons (Fsp3) is 0.200. The fourth-order valence-corrected chi connectivity index (χ4v) is 3.80. The van der Waals surface area contributed by atoms with Crippen molar-refractivity contribution in [2.75, 3.05) is 11.9 Å². The van der Waals surface area contributed by atoms with Gasteiger partial charge < -0.3 is 10.4 Å². The number of carbonyl (C=O) groups is 1. The lowest BCUT2D eigenvalue weighted by Crippen LogP contribution is -2.08. The van der Waals surface area contributed by atoms with Gasteiger partial charge in [-0.15, -0.1) is 0 Å². The number of hydrogen-bond donors (Lipinski definition) is 2. The summed E-state index contributed by atoms with van der Waals surface area (Å²) in [5.41, 5.74) is 4.15. The molecule has 0 saturated carbocycles. The number of anilines is 1. The molecule has 132 valence electrons. The van der Waals surface area contributed by atoms with Crippen molar-refractivity contribution >= 4 is 27.7 Å². The van der Waals surface area contributed by atoms with E-state index in [-0.39, 0.29) is 5.56 Å². The summed E-state index contributed by atoms with van der Waals surface area (Å²) < 4.78 is 2.83. The Bertz CT molecular complexity index is 981. The van der Waals surface area contributed by atoms with Gasteiger partial charge in [-0.25, -0.2) is 9.48 Å². The Morgan fingerprint density at radius 3 is 2.81 bits per heavy atom. The highest BCUT2D eigenvalue weighted by molar-refractivity contribution is 9.10. The van der Waals surface area contributed by atoms with Crippen LogP contribution in [0, 0.1) is 0 Å². The van der Waals surface area contributed by atoms with Crippen LogP contribution in [0.3, 0.4) is 0 Å². The van der Waals surface area contributed by atoms with Crippen LogP contribution in [0.2, 0.25) is 0 Å². The van der Waals surface area contributed by atoms with Crippen LogP contribution in [0.25, 0.3) is 16.9 Å². The molecule has 0 unspecified atom stereocenters. The maximum Gasteiger partial charge on any atom is 0.335 e. The molecule has 1 aromatic heterocycles. The van der Waals surface area contributed by atoms with Gasteiger partial charge in [0.25, 0.3) is 0 Å². The van der Waals surface area contributed by atoms with Gasteiger partial charge in [0, 0.05) is 22.1 Å². The van der Waals surface area contributed by atoms with Crippen LogP contribution in [0.1, 0.15) is 28.8 Å². The lowest BCUT2D eigenvalue weighted by Gasteiger charge is -2.09. The smallest absolute Gasteiger partial charge is 0.335 e. The van der Waals surface area contributed by atoms with Crippen LogP contribution in [-0.4, -0.2) is 27.4 Å². The quantitative estimate of drug-likeness (QED) is 0.652. The third-order valence-electron chi connectivity index (χ3n) is 4.60. The van der Waals surface area contributed by atoms with Gasteiger partial charge in [0.15, 0.2) is 0 Å². The highest BCUT2D eigenvalue weighted by Gasteiger charge is 2.23. The van der Waals surface area contributed by atoms with Crippen molar-refractivity contribution in [2.24, 2.45) is 0 Å². The minimum Gasteiger partial charge on any atom is -0.478 e. The molecule has 0 spiro atoms. The Morgan fingerprint density at radius 1 is 1.15 bits per heavy atom. The minimum absolute atomic E-state index is 0.253. The van der Waals surface area contributed by atoms with Gasteiger partial charge in [0.1, 0.15) is 5.82 Å². The van der Waals surface area contributed by atoms with Crippen molar-refractivity contribution in [1.29, 1.82) is 0 Å². The second-order valence-electron chi connectivity index (χ2n) is 6.31. The molecule has 6 heteroatoms. The Kier molecular flexibility index (Phi) is 4.51. The van der Waals surface area contributed by atoms with Crippen molar-refractivity contribution in [1.82, 2.24) is 9.78 Å². The number of fused-ring (bicyclic) bond motifs is 1. The van der Waals surface area contributed by atoms with Gasteiger partial charge in [0.2, 0.25) is 0 Å². The van der Waals surface area contributed by atoms with Gasteiger partial charge in [-0.1, -0.05) is 40.2 Å². The molecule has 0 fully saturated rings. The van der Waals surface area contributed by atoms with Gasteiger partial charge in [0.05, 0.1) is 16.9 Å². The number of aromatic carboxylic acids is 1. The van der Waals surface area contributed by atoms with E-state index in [0.29, 0.717) is 0 Å². The largest absolute Gasteiger partial charge is 0.478 e. The van der Waals surface area contributed by atoms with E-state index in [4.69, 9.17) is 5.10 Å². The number of rotatable bonds is 3. The van der Waals surface area contributed by atoms with Gasteiger partial charge in [-0.3, -0.25) is 0 Å². The van der Waals surface area contributed by atoms with E-state index in [9.17, 15) is 9.90 Å². The molecule has 0 aliphatic carbocycles. The zero-order valence-electron chi connectivity index (χ0n) is 14.1. The van der Waals surface area contributed by atoms with E-state index < -0.39 is 5.97 Å². The zero-order valence-corrected chi connectivity index (χ0v) is 15.7. The molecule has 26 heavy (non-hydrogen) atoms. The van der Waals surface area contributed by atoms with Gasteiger partial charge >= 0.3 is 5.97 Å². The van der Waals surface area contributed by atoms with E-state index in [2.05, 4.69) is 27.3 Å². The lowest BCUT2D eigenvalue weighted by molar-refractivity contribution is 0.0697. The van der Waals surface area contributed by atoms with E-state index in [0.717, 1.165) is 53.0 Å². The highest BCUT2D eigenvalue weighted by atomic mass is 79.9. The third kappa shape index (κ3) is 3.01. The first-order valence-electron chi connectivity index (χ1n) is 8.59. The topological polar surface area (TPSA) is 67.1 Å². The number of carboxylic acid groups (broad SMARTS) is 1. The Labute approximate surface area is 159 Å². The molecule has 3 aromatic rings. The number of carboxylic acids is 1. The van der Waals surface area contributed by atoms with Crippen LogP contribution in [0.5, 0.6) is 0 Å². The maximum absolute atomic E-state index is 11.3. The fourth-order valence-electron chi connectivity index (χ4n) is 3.33. The van der Waals surface area contributed by atoms with E-state index in [1.54, 1.807) is 18.2 Å². The van der Waals surface area contributed by atoms with Gasteiger partial charge in [-0.2, -0.15) is 5.10 Å². The summed E-state index contributed by atoms with van der Waals surface area (Å²) in [4.78, 5) is 11.3. The molecular formula is C20H18BrN3O2. The monoisotopic (exact) mass is 411 g/mol. The van der Waals surface area contributed by atoms with Crippen molar-refractivity contribution in [3.05, 3.63) is 64.1 Å². The van der Waals surface area contributed by atoms with Crippen molar-refractivity contribution in [3.63, 3.8) is 0 Å². The molecule has 0 saturated heterocycles. The Hall–Kier alpha value is -2.60. The van der Waals surface area contributed by atoms with Crippen molar-refractivity contribution in [2.45, 2.75) is 19.3 Å². The molecule has 0 amide bonds. The van der Waals surface area contributed by atoms with E-state index in [1.165, 1.54) is 5.56 Å². The van der Waals surface area contributed by atoms with E-state index >= 15 is 0 Å². The zero-order chi connectivity index (χ0) is 18.1. The van der Waals surface area contributed by atoms with Crippen LogP contribution >= 0.6 is 15.9 Å². The first kappa shape index (κ1) is 16.8. The Balaban J connectivity index is 1.92. The number of hydrogen-bond acceptors (Lipinski definition) is 3. The van der Waals surface area contributed by atoms with Gasteiger partial charge in [-0.05, 0) is 43.5 Å². The summed E-state index contributed by atoms with van der Waals surface area (Å²) in [5, 5.41) is 17.7. The average Bonchev–Trinajstić information content (AvgIpc) is 2.83. The normalized spacial score (nSPS) is 13.6. The van der Waals surface area contributed by atoms with Crippen LogP contribution in [0.15, 0.2) is 53.0 Å². The molecule has 1 aliphatic rings. The molecule has 2 N–H and O–H groups in total. The average molecular weight is 412 g/mol. The number of halogens is 1. The lowest BCUT2D eigenvalue weighted by atomic mass is 10.0. The molecule has 2 heterocycles. The number of nitrogens with one attached hydrogen (secondary N) is 1. The molecule has 2 aromatic carbocycles. The van der Waals surface area contributed by atoms with Crippen LogP contribution in [0.4, 0.5) is 5.82 Å². The second-order valence-corrected chi connectivity index (χ2v) is 7.16. The summed E-state index contributed by atoms with van der Waals surface area (Å²) in [7, 11) is 0. The van der Waals surface area contributed by atoms with E-state index in [1.807, 2.05) is 28.9 Å². The van der Waals surface area contributed by atoms with Crippen molar-refractivity contribution < 1.29 is 9.90 Å². The molecule has 4 rings (SSSR count). The summed E-state index contributed by atoms with van der Waals surface area (Å²) in [5.74, 6) is 0.0138. The predicted molar refractivity (Wildman–Crippen MR) is 105 cm³/mol. The second kappa shape index (κ2) is 6.96. The standard InChI is InChI=1S/C20H18BrN3O2/c21-17-10-2-1-8-15(17)18-16-9-3-4-11-22-19(16)24(23-18)14-7-5-6-13(12-14)20(25)26/h1-2,5-8,10,12,22H,3-4,9,11H2,(H,25,26). The third-order valence-corrected chi connectivity index (χ3v) is 5.29. The predicted octanol–water partition coefficient (Wildman–Crippen LogP) is 4.75. The molecular weight excluding hydrogens is 394 g/mol.